The fourth-order valence-corrected chi connectivity index (χ4v) is 1.66. The molecule has 5 heteroatoms. The fourth-order valence-electron chi connectivity index (χ4n) is 1.66. The van der Waals surface area contributed by atoms with E-state index in [2.05, 4.69) is 10.6 Å². The first-order chi connectivity index (χ1) is 9.06. The van der Waals surface area contributed by atoms with E-state index in [0.29, 0.717) is 18.7 Å². The molecule has 0 heterocycles. The Balaban J connectivity index is 2.72. The first kappa shape index (κ1) is 15.2. The van der Waals surface area contributed by atoms with Gasteiger partial charge in [0.2, 0.25) is 11.8 Å². The summed E-state index contributed by atoms with van der Waals surface area (Å²) in [7, 11) is 1.59. The van der Waals surface area contributed by atoms with Crippen LogP contribution in [0.3, 0.4) is 0 Å². The number of nitrogens with one attached hydrogen (secondary N) is 2. The molecule has 1 rings (SSSR count). The molecule has 0 aliphatic carbocycles. The monoisotopic (exact) mass is 263 g/mol. The van der Waals surface area contributed by atoms with Crippen LogP contribution in [0.5, 0.6) is 0 Å². The van der Waals surface area contributed by atoms with E-state index in [1.807, 2.05) is 25.1 Å². The molecule has 0 aliphatic heterocycles. The molecule has 1 unspecified atom stereocenters. The second kappa shape index (κ2) is 7.53. The Morgan fingerprint density at radius 2 is 1.95 bits per heavy atom. The molecule has 2 amide bonds. The number of benzene rings is 1. The second-order valence-corrected chi connectivity index (χ2v) is 4.60. The largest absolute Gasteiger partial charge is 0.359 e. The summed E-state index contributed by atoms with van der Waals surface area (Å²) >= 11 is 0. The SMILES string of the molecule is CNC(=O)Cc1ccccc1NC(=O)CC(C)CN. The van der Waals surface area contributed by atoms with Crippen molar-refractivity contribution < 1.29 is 9.59 Å². The van der Waals surface area contributed by atoms with Gasteiger partial charge in [0.15, 0.2) is 0 Å². The van der Waals surface area contributed by atoms with Crippen molar-refractivity contribution in [3.8, 4) is 0 Å². The zero-order valence-corrected chi connectivity index (χ0v) is 11.4. The average Bonchev–Trinajstić information content (AvgIpc) is 2.40. The van der Waals surface area contributed by atoms with Gasteiger partial charge in [-0.15, -0.1) is 0 Å². The lowest BCUT2D eigenvalue weighted by Crippen LogP contribution is -2.23. The van der Waals surface area contributed by atoms with Crippen molar-refractivity contribution in [3.05, 3.63) is 29.8 Å². The highest BCUT2D eigenvalue weighted by Gasteiger charge is 2.11. The fraction of sp³-hybridized carbons (Fsp3) is 0.429. The predicted molar refractivity (Wildman–Crippen MR) is 75.7 cm³/mol. The molecule has 0 radical (unpaired) electrons. The Morgan fingerprint density at radius 3 is 2.58 bits per heavy atom. The summed E-state index contributed by atoms with van der Waals surface area (Å²) in [5.41, 5.74) is 6.98. The van der Waals surface area contributed by atoms with Gasteiger partial charge in [0.25, 0.3) is 0 Å². The second-order valence-electron chi connectivity index (χ2n) is 4.60. The third kappa shape index (κ3) is 5.09. The van der Waals surface area contributed by atoms with E-state index in [4.69, 9.17) is 5.73 Å². The third-order valence-electron chi connectivity index (χ3n) is 2.86. The van der Waals surface area contributed by atoms with Gasteiger partial charge < -0.3 is 16.4 Å². The normalized spacial score (nSPS) is 11.7. The number of likely N-dealkylation sites (N-methyl/N-ethyl adjacent to an activating group) is 1. The minimum atomic E-state index is -0.0861. The molecule has 0 aliphatic rings. The summed E-state index contributed by atoms with van der Waals surface area (Å²) in [5, 5.41) is 5.40. The van der Waals surface area contributed by atoms with Crippen LogP contribution >= 0.6 is 0 Å². The van der Waals surface area contributed by atoms with Crippen LogP contribution in [0.25, 0.3) is 0 Å². The van der Waals surface area contributed by atoms with Crippen LogP contribution in [-0.4, -0.2) is 25.4 Å². The molecule has 4 N–H and O–H groups in total. The maximum absolute atomic E-state index is 11.8. The first-order valence-corrected chi connectivity index (χ1v) is 6.35. The van der Waals surface area contributed by atoms with E-state index >= 15 is 0 Å². The number of carbonyl (C=O) groups is 2. The lowest BCUT2D eigenvalue weighted by atomic mass is 10.1. The number of hydrogen-bond acceptors (Lipinski definition) is 3. The van der Waals surface area contributed by atoms with Crippen LogP contribution in [-0.2, 0) is 16.0 Å². The van der Waals surface area contributed by atoms with Crippen molar-refractivity contribution in [2.24, 2.45) is 11.7 Å². The Labute approximate surface area is 113 Å². The molecule has 0 saturated carbocycles. The van der Waals surface area contributed by atoms with Gasteiger partial charge in [-0.05, 0) is 24.1 Å². The smallest absolute Gasteiger partial charge is 0.224 e. The number of carbonyl (C=O) groups excluding carboxylic acids is 2. The van der Waals surface area contributed by atoms with Gasteiger partial charge in [-0.25, -0.2) is 0 Å². The molecule has 0 bridgehead atoms. The highest BCUT2D eigenvalue weighted by atomic mass is 16.2. The molecule has 0 fully saturated rings. The summed E-state index contributed by atoms with van der Waals surface area (Å²) in [4.78, 5) is 23.2. The van der Waals surface area contributed by atoms with Crippen LogP contribution in [0, 0.1) is 5.92 Å². The Bertz CT molecular complexity index is 446. The molecular formula is C14H21N3O2. The van der Waals surface area contributed by atoms with E-state index < -0.39 is 0 Å². The first-order valence-electron chi connectivity index (χ1n) is 6.35. The van der Waals surface area contributed by atoms with E-state index in [1.165, 1.54) is 0 Å². The van der Waals surface area contributed by atoms with Gasteiger partial charge in [0.05, 0.1) is 6.42 Å². The maximum atomic E-state index is 11.8. The quantitative estimate of drug-likeness (QED) is 0.713. The summed E-state index contributed by atoms with van der Waals surface area (Å²) in [6, 6.07) is 7.30. The molecular weight excluding hydrogens is 242 g/mol. The van der Waals surface area contributed by atoms with Gasteiger partial charge >= 0.3 is 0 Å². The van der Waals surface area contributed by atoms with Gasteiger partial charge in [-0.2, -0.15) is 0 Å². The Hall–Kier alpha value is -1.88. The summed E-state index contributed by atoms with van der Waals surface area (Å²) < 4.78 is 0. The van der Waals surface area contributed by atoms with Crippen molar-refractivity contribution in [1.29, 1.82) is 0 Å². The molecule has 1 atom stereocenters. The van der Waals surface area contributed by atoms with Gasteiger partial charge in [0, 0.05) is 19.2 Å². The molecule has 5 nitrogen and oxygen atoms in total. The Kier molecular flexibility index (Phi) is 6.02. The topological polar surface area (TPSA) is 84.2 Å². The van der Waals surface area contributed by atoms with E-state index in [1.54, 1.807) is 13.1 Å². The summed E-state index contributed by atoms with van der Waals surface area (Å²) in [6.45, 7) is 2.41. The van der Waals surface area contributed by atoms with Gasteiger partial charge in [0.1, 0.15) is 0 Å². The van der Waals surface area contributed by atoms with Crippen LogP contribution in [0.1, 0.15) is 18.9 Å². The molecule has 0 saturated heterocycles. The van der Waals surface area contributed by atoms with Crippen molar-refractivity contribution in [2.75, 3.05) is 18.9 Å². The zero-order chi connectivity index (χ0) is 14.3. The van der Waals surface area contributed by atoms with Crippen LogP contribution in [0.2, 0.25) is 0 Å². The molecule has 0 aromatic heterocycles. The predicted octanol–water partition coefficient (Wildman–Crippen LogP) is 0.898. The highest BCUT2D eigenvalue weighted by molar-refractivity contribution is 5.92. The third-order valence-corrected chi connectivity index (χ3v) is 2.86. The van der Waals surface area contributed by atoms with Crippen molar-refractivity contribution in [1.82, 2.24) is 5.32 Å². The summed E-state index contributed by atoms with van der Waals surface area (Å²) in [6.07, 6.45) is 0.629. The number of amides is 2. The van der Waals surface area contributed by atoms with E-state index in [9.17, 15) is 9.59 Å². The molecule has 1 aromatic rings. The van der Waals surface area contributed by atoms with Crippen LogP contribution in [0.4, 0.5) is 5.69 Å². The van der Waals surface area contributed by atoms with Crippen molar-refractivity contribution in [3.63, 3.8) is 0 Å². The molecule has 19 heavy (non-hydrogen) atoms. The van der Waals surface area contributed by atoms with Crippen LogP contribution in [0.15, 0.2) is 24.3 Å². The van der Waals surface area contributed by atoms with Crippen molar-refractivity contribution >= 4 is 17.5 Å². The van der Waals surface area contributed by atoms with Gasteiger partial charge in [-0.3, -0.25) is 9.59 Å². The summed E-state index contributed by atoms with van der Waals surface area (Å²) in [5.74, 6) is -0.0227. The van der Waals surface area contributed by atoms with E-state index in [0.717, 1.165) is 5.56 Å². The maximum Gasteiger partial charge on any atom is 0.224 e. The molecule has 1 aromatic carbocycles. The molecule has 104 valence electrons. The number of anilines is 1. The van der Waals surface area contributed by atoms with E-state index in [-0.39, 0.29) is 24.2 Å². The lowest BCUT2D eigenvalue weighted by molar-refractivity contribution is -0.120. The minimum Gasteiger partial charge on any atom is -0.359 e. The number of rotatable bonds is 6. The number of para-hydroxylation sites is 1. The zero-order valence-electron chi connectivity index (χ0n) is 11.4. The van der Waals surface area contributed by atoms with Gasteiger partial charge in [-0.1, -0.05) is 25.1 Å². The lowest BCUT2D eigenvalue weighted by Gasteiger charge is -2.12. The minimum absolute atomic E-state index is 0.0812. The van der Waals surface area contributed by atoms with Crippen LogP contribution < -0.4 is 16.4 Å². The molecule has 0 spiro atoms. The standard InChI is InChI=1S/C14H21N3O2/c1-10(9-15)7-14(19)17-12-6-4-3-5-11(12)8-13(18)16-2/h3-6,10H,7-9,15H2,1-2H3,(H,16,18)(H,17,19). The number of nitrogens with two attached hydrogens (primary N) is 1. The highest BCUT2D eigenvalue weighted by Crippen LogP contribution is 2.16. The Morgan fingerprint density at radius 1 is 1.26 bits per heavy atom. The number of hydrogen-bond donors (Lipinski definition) is 3. The average molecular weight is 263 g/mol. The van der Waals surface area contributed by atoms with Crippen molar-refractivity contribution in [2.45, 2.75) is 19.8 Å².